The third kappa shape index (κ3) is 2.68. The number of rotatable bonds is 1. The number of halogens is 3. The van der Waals surface area contributed by atoms with E-state index in [4.69, 9.17) is 16.3 Å². The number of fused-ring (bicyclic) bond motifs is 1. The molecule has 0 bridgehead atoms. The minimum atomic E-state index is -0.249. The molecule has 0 saturated carbocycles. The highest BCUT2D eigenvalue weighted by Crippen LogP contribution is 2.39. The minimum Gasteiger partial charge on any atom is -0.506 e. The summed E-state index contributed by atoms with van der Waals surface area (Å²) in [6.45, 7) is 0.743. The number of phenolic OH excluding ortho intramolecular Hbond substituents is 1. The maximum absolute atomic E-state index is 12.8. The second-order valence-corrected chi connectivity index (χ2v) is 6.61. The first-order valence-corrected chi connectivity index (χ1v) is 8.22. The summed E-state index contributed by atoms with van der Waals surface area (Å²) in [5.74, 6) is 0.316. The first kappa shape index (κ1) is 15.6. The molecule has 0 atom stereocenters. The van der Waals surface area contributed by atoms with Crippen molar-refractivity contribution in [1.82, 2.24) is 4.98 Å². The van der Waals surface area contributed by atoms with Crippen LogP contribution in [0.15, 0.2) is 33.3 Å². The molecule has 0 radical (unpaired) electrons. The Labute approximate surface area is 148 Å². The van der Waals surface area contributed by atoms with E-state index in [0.717, 1.165) is 0 Å². The van der Waals surface area contributed by atoms with Crippen LogP contribution in [0.2, 0.25) is 5.15 Å². The predicted octanol–water partition coefficient (Wildman–Crippen LogP) is 4.00. The molecule has 1 aromatic heterocycles. The fourth-order valence-electron chi connectivity index (χ4n) is 2.18. The van der Waals surface area contributed by atoms with E-state index in [9.17, 15) is 9.90 Å². The third-order valence-corrected chi connectivity index (χ3v) is 4.68. The van der Waals surface area contributed by atoms with Gasteiger partial charge in [0, 0.05) is 17.8 Å². The number of aromatic nitrogens is 1. The molecule has 1 aromatic carbocycles. The van der Waals surface area contributed by atoms with Crippen LogP contribution < -0.4 is 9.64 Å². The smallest absolute Gasteiger partial charge is 0.258 e. The molecule has 114 valence electrons. The van der Waals surface area contributed by atoms with Gasteiger partial charge >= 0.3 is 0 Å². The van der Waals surface area contributed by atoms with Crippen LogP contribution in [0.5, 0.6) is 11.5 Å². The molecule has 1 N–H and O–H groups in total. The van der Waals surface area contributed by atoms with Gasteiger partial charge in [0.1, 0.15) is 23.8 Å². The Hall–Kier alpha value is -1.31. The van der Waals surface area contributed by atoms with Gasteiger partial charge in [0.15, 0.2) is 5.15 Å². The fraction of sp³-hybridized carbons (Fsp3) is 0.143. The number of anilines is 1. The molecule has 0 fully saturated rings. The van der Waals surface area contributed by atoms with Crippen LogP contribution in [-0.2, 0) is 0 Å². The standard InChI is InChI=1S/C14H9Br2ClN2O3/c15-8-5-7(6-9(16)12(8)20)14(21)19-3-4-22-10-1-2-18-13(17)11(10)19/h1-2,5-6,20H,3-4H2. The van der Waals surface area contributed by atoms with E-state index in [0.29, 0.717) is 39.1 Å². The highest BCUT2D eigenvalue weighted by atomic mass is 79.9. The average Bonchev–Trinajstić information content (AvgIpc) is 2.51. The van der Waals surface area contributed by atoms with Gasteiger partial charge in [-0.1, -0.05) is 11.6 Å². The molecule has 1 amide bonds. The summed E-state index contributed by atoms with van der Waals surface area (Å²) in [4.78, 5) is 18.3. The lowest BCUT2D eigenvalue weighted by Gasteiger charge is -2.30. The number of ether oxygens (including phenoxy) is 1. The van der Waals surface area contributed by atoms with Crippen molar-refractivity contribution in [3.8, 4) is 11.5 Å². The van der Waals surface area contributed by atoms with Crippen molar-refractivity contribution in [3.63, 3.8) is 0 Å². The molecule has 0 aliphatic carbocycles. The summed E-state index contributed by atoms with van der Waals surface area (Å²) in [7, 11) is 0. The number of hydrogen-bond donors (Lipinski definition) is 1. The molecule has 1 aliphatic rings. The van der Waals surface area contributed by atoms with E-state index in [1.165, 1.54) is 11.1 Å². The van der Waals surface area contributed by atoms with Crippen LogP contribution in [-0.4, -0.2) is 29.1 Å². The Morgan fingerprint density at radius 2 is 2.05 bits per heavy atom. The second kappa shape index (κ2) is 6.06. The highest BCUT2D eigenvalue weighted by Gasteiger charge is 2.28. The monoisotopic (exact) mass is 446 g/mol. The van der Waals surface area contributed by atoms with Gasteiger partial charge in [0.2, 0.25) is 0 Å². The number of amides is 1. The summed E-state index contributed by atoms with van der Waals surface area (Å²) in [5.41, 5.74) is 0.866. The molecule has 2 aromatic rings. The Kier molecular flexibility index (Phi) is 4.29. The van der Waals surface area contributed by atoms with Gasteiger partial charge in [-0.3, -0.25) is 9.69 Å². The van der Waals surface area contributed by atoms with Crippen molar-refractivity contribution in [2.24, 2.45) is 0 Å². The summed E-state index contributed by atoms with van der Waals surface area (Å²) in [5, 5.41) is 9.97. The number of benzene rings is 1. The maximum Gasteiger partial charge on any atom is 0.258 e. The van der Waals surface area contributed by atoms with E-state index in [2.05, 4.69) is 36.8 Å². The molecule has 8 heteroatoms. The van der Waals surface area contributed by atoms with Gasteiger partial charge in [0.25, 0.3) is 5.91 Å². The Balaban J connectivity index is 2.05. The van der Waals surface area contributed by atoms with E-state index >= 15 is 0 Å². The molecule has 22 heavy (non-hydrogen) atoms. The van der Waals surface area contributed by atoms with E-state index in [1.54, 1.807) is 18.2 Å². The van der Waals surface area contributed by atoms with Crippen molar-refractivity contribution in [2.45, 2.75) is 0 Å². The number of carbonyl (C=O) groups is 1. The zero-order valence-corrected chi connectivity index (χ0v) is 14.9. The van der Waals surface area contributed by atoms with E-state index < -0.39 is 0 Å². The van der Waals surface area contributed by atoms with Crippen molar-refractivity contribution < 1.29 is 14.6 Å². The number of pyridine rings is 1. The Bertz CT molecular complexity index is 747. The van der Waals surface area contributed by atoms with Crippen molar-refractivity contribution in [3.05, 3.63) is 44.1 Å². The molecule has 0 unspecified atom stereocenters. The highest BCUT2D eigenvalue weighted by molar-refractivity contribution is 9.11. The Morgan fingerprint density at radius 3 is 2.73 bits per heavy atom. The topological polar surface area (TPSA) is 62.7 Å². The number of carbonyl (C=O) groups excluding carboxylic acids is 1. The molecule has 0 saturated heterocycles. The van der Waals surface area contributed by atoms with Crippen LogP contribution in [0.4, 0.5) is 5.69 Å². The zero-order chi connectivity index (χ0) is 15.9. The summed E-state index contributed by atoms with van der Waals surface area (Å²) >= 11 is 12.6. The molecule has 2 heterocycles. The Morgan fingerprint density at radius 1 is 1.36 bits per heavy atom. The van der Waals surface area contributed by atoms with E-state index in [1.807, 2.05) is 0 Å². The number of hydrogen-bond acceptors (Lipinski definition) is 4. The van der Waals surface area contributed by atoms with Gasteiger partial charge in [-0.2, -0.15) is 0 Å². The van der Waals surface area contributed by atoms with Crippen LogP contribution in [0.1, 0.15) is 10.4 Å². The average molecular weight is 448 g/mol. The van der Waals surface area contributed by atoms with Gasteiger partial charge < -0.3 is 9.84 Å². The summed E-state index contributed by atoms with van der Waals surface area (Å²) < 4.78 is 6.36. The number of aromatic hydroxyl groups is 1. The van der Waals surface area contributed by atoms with Gasteiger partial charge in [-0.15, -0.1) is 0 Å². The second-order valence-electron chi connectivity index (χ2n) is 4.54. The van der Waals surface area contributed by atoms with Crippen molar-refractivity contribution in [2.75, 3.05) is 18.1 Å². The molecule has 0 spiro atoms. The lowest BCUT2D eigenvalue weighted by atomic mass is 10.1. The molecular formula is C14H9Br2ClN2O3. The third-order valence-electron chi connectivity index (χ3n) is 3.19. The largest absolute Gasteiger partial charge is 0.506 e. The van der Waals surface area contributed by atoms with Gasteiger partial charge in [-0.25, -0.2) is 4.98 Å². The van der Waals surface area contributed by atoms with Crippen LogP contribution in [0.3, 0.4) is 0 Å². The van der Waals surface area contributed by atoms with Crippen molar-refractivity contribution >= 4 is 55.1 Å². The number of phenols is 1. The zero-order valence-electron chi connectivity index (χ0n) is 11.0. The maximum atomic E-state index is 12.8. The van der Waals surface area contributed by atoms with Crippen molar-refractivity contribution in [1.29, 1.82) is 0 Å². The quantitative estimate of drug-likeness (QED) is 0.670. The van der Waals surface area contributed by atoms with Crippen LogP contribution >= 0.6 is 43.5 Å². The summed E-state index contributed by atoms with van der Waals surface area (Å²) in [6.07, 6.45) is 1.53. The van der Waals surface area contributed by atoms with Crippen LogP contribution in [0.25, 0.3) is 0 Å². The lowest BCUT2D eigenvalue weighted by molar-refractivity contribution is 0.0976. The normalized spacial score (nSPS) is 13.5. The van der Waals surface area contributed by atoms with Crippen LogP contribution in [0, 0.1) is 0 Å². The first-order chi connectivity index (χ1) is 10.5. The fourth-order valence-corrected chi connectivity index (χ4v) is 3.62. The summed E-state index contributed by atoms with van der Waals surface area (Å²) in [6, 6.07) is 4.78. The molecule has 5 nitrogen and oxygen atoms in total. The lowest BCUT2D eigenvalue weighted by Crippen LogP contribution is -2.38. The minimum absolute atomic E-state index is 0.0404. The first-order valence-electron chi connectivity index (χ1n) is 6.26. The molecular weight excluding hydrogens is 439 g/mol. The molecule has 3 rings (SSSR count). The van der Waals surface area contributed by atoms with Gasteiger partial charge in [-0.05, 0) is 44.0 Å². The SMILES string of the molecule is O=C(c1cc(Br)c(O)c(Br)c1)N1CCOc2ccnc(Cl)c21. The molecule has 1 aliphatic heterocycles. The van der Waals surface area contributed by atoms with E-state index in [-0.39, 0.29) is 16.8 Å². The van der Waals surface area contributed by atoms with Gasteiger partial charge in [0.05, 0.1) is 15.5 Å². The predicted molar refractivity (Wildman–Crippen MR) is 89.9 cm³/mol. The number of nitrogens with zero attached hydrogens (tertiary/aromatic N) is 2.